The van der Waals surface area contributed by atoms with Crippen LogP contribution < -0.4 is 0 Å². The van der Waals surface area contributed by atoms with Gasteiger partial charge in [-0.05, 0) is 48.6 Å². The van der Waals surface area contributed by atoms with Gasteiger partial charge in [-0.1, -0.05) is 31.0 Å². The van der Waals surface area contributed by atoms with E-state index in [-0.39, 0.29) is 5.92 Å². The smallest absolute Gasteiger partial charge is 0.225 e. The third-order valence-electron chi connectivity index (χ3n) is 5.46. The first-order chi connectivity index (χ1) is 12.8. The van der Waals surface area contributed by atoms with Gasteiger partial charge in [0.25, 0.3) is 0 Å². The molecule has 4 rings (SSSR count). The third kappa shape index (κ3) is 3.64. The highest BCUT2D eigenvalue weighted by molar-refractivity contribution is 5.83. The topological polar surface area (TPSA) is 49.0 Å². The van der Waals surface area contributed by atoms with Gasteiger partial charge in [0.1, 0.15) is 0 Å². The van der Waals surface area contributed by atoms with Gasteiger partial charge in [0, 0.05) is 48.5 Å². The summed E-state index contributed by atoms with van der Waals surface area (Å²) in [7, 11) is 0. The van der Waals surface area contributed by atoms with Crippen molar-refractivity contribution in [2.24, 2.45) is 5.92 Å². The third-order valence-corrected chi connectivity index (χ3v) is 5.46. The Morgan fingerprint density at radius 1 is 1.12 bits per heavy atom. The van der Waals surface area contributed by atoms with Gasteiger partial charge in [-0.2, -0.15) is 0 Å². The van der Waals surface area contributed by atoms with Crippen LogP contribution in [-0.4, -0.2) is 27.3 Å². The second-order valence-electron chi connectivity index (χ2n) is 7.21. The summed E-state index contributed by atoms with van der Waals surface area (Å²) in [6.45, 7) is 1.42. The molecule has 4 nitrogen and oxygen atoms in total. The predicted molar refractivity (Wildman–Crippen MR) is 104 cm³/mol. The predicted octanol–water partition coefficient (Wildman–Crippen LogP) is 4.32. The zero-order valence-electron chi connectivity index (χ0n) is 15.0. The molecular weight excluding hydrogens is 322 g/mol. The molecule has 0 radical (unpaired) electrons. The number of rotatable bonds is 6. The van der Waals surface area contributed by atoms with Crippen molar-refractivity contribution in [1.29, 1.82) is 0 Å². The zero-order valence-corrected chi connectivity index (χ0v) is 15.0. The Morgan fingerprint density at radius 2 is 1.88 bits per heavy atom. The van der Waals surface area contributed by atoms with E-state index in [1.165, 1.54) is 23.8 Å². The van der Waals surface area contributed by atoms with Gasteiger partial charge in [-0.25, -0.2) is 0 Å². The zero-order chi connectivity index (χ0) is 17.8. The van der Waals surface area contributed by atoms with E-state index < -0.39 is 0 Å². The van der Waals surface area contributed by atoms with Crippen LogP contribution >= 0.6 is 0 Å². The van der Waals surface area contributed by atoms with E-state index in [0.29, 0.717) is 12.5 Å². The molecule has 0 saturated heterocycles. The molecule has 2 heterocycles. The minimum atomic E-state index is 0.208. The van der Waals surface area contributed by atoms with Gasteiger partial charge in [0.05, 0.1) is 0 Å². The van der Waals surface area contributed by atoms with Crippen molar-refractivity contribution in [3.05, 3.63) is 66.1 Å². The van der Waals surface area contributed by atoms with Gasteiger partial charge < -0.3 is 9.88 Å². The van der Waals surface area contributed by atoms with Crippen LogP contribution in [0.2, 0.25) is 0 Å². The SMILES string of the molecule is O=C(C1CCCC1)N(CCc1c[nH]c2ccccc12)Cc1ccncc1. The number of benzene rings is 1. The highest BCUT2D eigenvalue weighted by atomic mass is 16.2. The number of H-pyrrole nitrogens is 1. The van der Waals surface area contributed by atoms with Crippen LogP contribution in [0.3, 0.4) is 0 Å². The average Bonchev–Trinajstić information content (AvgIpc) is 3.35. The summed E-state index contributed by atoms with van der Waals surface area (Å²) >= 11 is 0. The van der Waals surface area contributed by atoms with Crippen molar-refractivity contribution in [2.45, 2.75) is 38.6 Å². The molecule has 26 heavy (non-hydrogen) atoms. The molecule has 4 heteroatoms. The normalized spacial score (nSPS) is 14.8. The van der Waals surface area contributed by atoms with Crippen LogP contribution in [0, 0.1) is 5.92 Å². The Kier molecular flexibility index (Phi) is 5.00. The first-order valence-corrected chi connectivity index (χ1v) is 9.54. The van der Waals surface area contributed by atoms with Crippen LogP contribution in [-0.2, 0) is 17.8 Å². The average molecular weight is 347 g/mol. The minimum Gasteiger partial charge on any atom is -0.361 e. The minimum absolute atomic E-state index is 0.208. The lowest BCUT2D eigenvalue weighted by atomic mass is 10.0. The van der Waals surface area contributed by atoms with Crippen molar-refractivity contribution < 1.29 is 4.79 Å². The molecule has 1 saturated carbocycles. The molecule has 1 fully saturated rings. The van der Waals surface area contributed by atoms with Gasteiger partial charge in [-0.15, -0.1) is 0 Å². The van der Waals surface area contributed by atoms with E-state index in [1.807, 2.05) is 23.1 Å². The lowest BCUT2D eigenvalue weighted by Crippen LogP contribution is -2.36. The van der Waals surface area contributed by atoms with Gasteiger partial charge in [0.2, 0.25) is 5.91 Å². The van der Waals surface area contributed by atoms with Gasteiger partial charge in [-0.3, -0.25) is 9.78 Å². The number of para-hydroxylation sites is 1. The number of pyridine rings is 1. The van der Waals surface area contributed by atoms with Gasteiger partial charge >= 0.3 is 0 Å². The maximum Gasteiger partial charge on any atom is 0.225 e. The molecule has 0 aliphatic heterocycles. The van der Waals surface area contributed by atoms with Crippen molar-refractivity contribution in [3.63, 3.8) is 0 Å². The van der Waals surface area contributed by atoms with E-state index >= 15 is 0 Å². The number of carbonyl (C=O) groups excluding carboxylic acids is 1. The fraction of sp³-hybridized carbons (Fsp3) is 0.364. The fourth-order valence-electron chi connectivity index (χ4n) is 4.00. The number of fused-ring (bicyclic) bond motifs is 1. The van der Waals surface area contributed by atoms with Crippen molar-refractivity contribution >= 4 is 16.8 Å². The molecule has 3 aromatic rings. The fourth-order valence-corrected chi connectivity index (χ4v) is 4.00. The van der Waals surface area contributed by atoms with E-state index in [9.17, 15) is 4.79 Å². The highest BCUT2D eigenvalue weighted by Crippen LogP contribution is 2.27. The quantitative estimate of drug-likeness (QED) is 0.722. The Morgan fingerprint density at radius 3 is 2.69 bits per heavy atom. The van der Waals surface area contributed by atoms with Crippen LogP contribution in [0.15, 0.2) is 55.0 Å². The number of nitrogens with zero attached hydrogens (tertiary/aromatic N) is 2. The van der Waals surface area contributed by atoms with Crippen molar-refractivity contribution in [3.8, 4) is 0 Å². The molecule has 0 unspecified atom stereocenters. The number of hydrogen-bond donors (Lipinski definition) is 1. The van der Waals surface area contributed by atoms with E-state index in [1.54, 1.807) is 12.4 Å². The van der Waals surface area contributed by atoms with Crippen LogP contribution in [0.1, 0.15) is 36.8 Å². The molecular formula is C22H25N3O. The van der Waals surface area contributed by atoms with Crippen LogP contribution in [0.25, 0.3) is 10.9 Å². The molecule has 0 atom stereocenters. The Bertz CT molecular complexity index is 865. The summed E-state index contributed by atoms with van der Waals surface area (Å²) in [5, 5.41) is 1.25. The molecule has 1 aliphatic carbocycles. The van der Waals surface area contributed by atoms with E-state index in [0.717, 1.165) is 36.9 Å². The number of nitrogens with one attached hydrogen (secondary N) is 1. The second kappa shape index (κ2) is 7.73. The largest absolute Gasteiger partial charge is 0.361 e. The Balaban J connectivity index is 1.51. The lowest BCUT2D eigenvalue weighted by Gasteiger charge is -2.26. The summed E-state index contributed by atoms with van der Waals surface area (Å²) in [6, 6.07) is 12.4. The van der Waals surface area contributed by atoms with Crippen molar-refractivity contribution in [1.82, 2.24) is 14.9 Å². The maximum atomic E-state index is 13.1. The number of aromatic amines is 1. The summed E-state index contributed by atoms with van der Waals surface area (Å²) in [4.78, 5) is 22.5. The maximum absolute atomic E-state index is 13.1. The molecule has 1 aromatic carbocycles. The van der Waals surface area contributed by atoms with Crippen LogP contribution in [0.5, 0.6) is 0 Å². The first kappa shape index (κ1) is 16.8. The number of hydrogen-bond acceptors (Lipinski definition) is 2. The Labute approximate surface area is 154 Å². The molecule has 2 aromatic heterocycles. The molecule has 0 spiro atoms. The lowest BCUT2D eigenvalue weighted by molar-refractivity contribution is -0.136. The number of carbonyl (C=O) groups is 1. The number of amides is 1. The molecule has 0 bridgehead atoms. The van der Waals surface area contributed by atoms with Crippen LogP contribution in [0.4, 0.5) is 0 Å². The summed E-state index contributed by atoms with van der Waals surface area (Å²) in [6.07, 6.45) is 11.0. The van der Waals surface area contributed by atoms with E-state index in [4.69, 9.17) is 0 Å². The highest BCUT2D eigenvalue weighted by Gasteiger charge is 2.27. The molecule has 1 amide bonds. The Hall–Kier alpha value is -2.62. The second-order valence-corrected chi connectivity index (χ2v) is 7.21. The number of aromatic nitrogens is 2. The summed E-state index contributed by atoms with van der Waals surface area (Å²) in [5.41, 5.74) is 3.58. The summed E-state index contributed by atoms with van der Waals surface area (Å²) in [5.74, 6) is 0.527. The molecule has 1 aliphatic rings. The summed E-state index contributed by atoms with van der Waals surface area (Å²) < 4.78 is 0. The standard InChI is InChI=1S/C22H25N3O/c26-22(18-5-1-2-6-18)25(16-17-9-12-23-13-10-17)14-11-19-15-24-21-8-4-3-7-20(19)21/h3-4,7-10,12-13,15,18,24H,1-2,5-6,11,14,16H2. The molecule has 1 N–H and O–H groups in total. The molecule has 134 valence electrons. The van der Waals surface area contributed by atoms with Gasteiger partial charge in [0.15, 0.2) is 0 Å². The monoisotopic (exact) mass is 347 g/mol. The van der Waals surface area contributed by atoms with E-state index in [2.05, 4.69) is 34.4 Å². The first-order valence-electron chi connectivity index (χ1n) is 9.54. The van der Waals surface area contributed by atoms with Crippen molar-refractivity contribution in [2.75, 3.05) is 6.54 Å².